The zero-order valence-electron chi connectivity index (χ0n) is 13.7. The molecule has 2 aromatic heterocycles. The second kappa shape index (κ2) is 6.51. The molecule has 1 aliphatic heterocycles. The first-order valence-corrected chi connectivity index (χ1v) is 7.94. The van der Waals surface area contributed by atoms with Gasteiger partial charge in [0.05, 0.1) is 24.3 Å². The van der Waals surface area contributed by atoms with E-state index in [0.717, 1.165) is 0 Å². The molecule has 1 N–H and O–H groups in total. The number of rotatable bonds is 4. The summed E-state index contributed by atoms with van der Waals surface area (Å²) in [7, 11) is 0. The van der Waals surface area contributed by atoms with Gasteiger partial charge in [-0.05, 0) is 31.4 Å². The topological polar surface area (TPSA) is 96.8 Å². The maximum absolute atomic E-state index is 12.6. The number of carbonyl (C=O) groups is 2. The smallest absolute Gasteiger partial charge is 0.308 e. The molecule has 7 nitrogen and oxygen atoms in total. The van der Waals surface area contributed by atoms with Crippen LogP contribution >= 0.6 is 0 Å². The monoisotopic (exact) mass is 332 g/mol. The van der Waals surface area contributed by atoms with Gasteiger partial charge in [-0.25, -0.2) is 4.98 Å². The van der Waals surface area contributed by atoms with Crippen molar-refractivity contribution in [2.24, 2.45) is 11.8 Å². The Bertz CT molecular complexity index is 734. The quantitative estimate of drug-likeness (QED) is 0.923. The number of aliphatic carboxylic acids is 1. The first kappa shape index (κ1) is 16.3. The summed E-state index contributed by atoms with van der Waals surface area (Å²) < 4.78 is 10.8. The van der Waals surface area contributed by atoms with Gasteiger partial charge in [0.25, 0.3) is 5.89 Å². The fourth-order valence-corrected chi connectivity index (χ4v) is 3.09. The Kier molecular flexibility index (Phi) is 4.42. The van der Waals surface area contributed by atoms with Crippen molar-refractivity contribution in [2.75, 3.05) is 13.1 Å². The Morgan fingerprint density at radius 2 is 2.21 bits per heavy atom. The first-order chi connectivity index (χ1) is 11.4. The van der Waals surface area contributed by atoms with Gasteiger partial charge in [0.15, 0.2) is 5.76 Å². The van der Waals surface area contributed by atoms with Gasteiger partial charge < -0.3 is 18.8 Å². The second-order valence-corrected chi connectivity index (χ2v) is 6.35. The standard InChI is InChI=1S/C17H20N2O5/c1-10-6-12(17(21)22)9-19(8-10)15(20)7-13-11(2)24-16(18-13)14-4-3-5-23-14/h3-5,10,12H,6-9H2,1-2H3,(H,21,22). The van der Waals surface area contributed by atoms with Crippen LogP contribution in [0.15, 0.2) is 27.2 Å². The Hall–Kier alpha value is -2.57. The minimum absolute atomic E-state index is 0.0924. The molecule has 2 atom stereocenters. The van der Waals surface area contributed by atoms with E-state index < -0.39 is 11.9 Å². The number of carboxylic acid groups (broad SMARTS) is 1. The largest absolute Gasteiger partial charge is 0.481 e. The molecule has 3 rings (SSSR count). The number of aromatic nitrogens is 1. The normalized spacial score (nSPS) is 21.0. The highest BCUT2D eigenvalue weighted by molar-refractivity contribution is 5.80. The minimum Gasteiger partial charge on any atom is -0.481 e. The van der Waals surface area contributed by atoms with Gasteiger partial charge in [0.2, 0.25) is 5.91 Å². The van der Waals surface area contributed by atoms with Crippen molar-refractivity contribution in [3.8, 4) is 11.7 Å². The summed E-state index contributed by atoms with van der Waals surface area (Å²) in [5.41, 5.74) is 0.552. The molecule has 1 amide bonds. The maximum Gasteiger partial charge on any atom is 0.308 e. The Morgan fingerprint density at radius 3 is 2.88 bits per heavy atom. The zero-order valence-corrected chi connectivity index (χ0v) is 13.7. The second-order valence-electron chi connectivity index (χ2n) is 6.35. The van der Waals surface area contributed by atoms with Crippen LogP contribution in [0.2, 0.25) is 0 Å². The lowest BCUT2D eigenvalue weighted by atomic mass is 9.90. The summed E-state index contributed by atoms with van der Waals surface area (Å²) in [6.07, 6.45) is 2.22. The Morgan fingerprint density at radius 1 is 1.42 bits per heavy atom. The molecule has 7 heteroatoms. The number of nitrogens with zero attached hydrogens (tertiary/aromatic N) is 2. The van der Waals surface area contributed by atoms with Crippen molar-refractivity contribution in [1.29, 1.82) is 0 Å². The van der Waals surface area contributed by atoms with Crippen LogP contribution in [0.3, 0.4) is 0 Å². The van der Waals surface area contributed by atoms with Gasteiger partial charge in [0.1, 0.15) is 5.76 Å². The number of furan rings is 1. The van der Waals surface area contributed by atoms with Gasteiger partial charge in [0, 0.05) is 13.1 Å². The molecule has 2 aromatic rings. The van der Waals surface area contributed by atoms with E-state index in [9.17, 15) is 14.7 Å². The molecule has 0 aromatic carbocycles. The van der Waals surface area contributed by atoms with Crippen molar-refractivity contribution in [2.45, 2.75) is 26.7 Å². The van der Waals surface area contributed by atoms with Gasteiger partial charge in [-0.1, -0.05) is 6.92 Å². The summed E-state index contributed by atoms with van der Waals surface area (Å²) in [6.45, 7) is 4.54. The van der Waals surface area contributed by atoms with E-state index in [4.69, 9.17) is 8.83 Å². The van der Waals surface area contributed by atoms with Crippen molar-refractivity contribution in [3.63, 3.8) is 0 Å². The van der Waals surface area contributed by atoms with E-state index in [0.29, 0.717) is 36.1 Å². The predicted octanol–water partition coefficient (Wildman–Crippen LogP) is 2.35. The van der Waals surface area contributed by atoms with E-state index in [2.05, 4.69) is 4.98 Å². The fourth-order valence-electron chi connectivity index (χ4n) is 3.09. The summed E-state index contributed by atoms with van der Waals surface area (Å²) in [5.74, 6) is 0.0996. The molecule has 3 heterocycles. The van der Waals surface area contributed by atoms with E-state index >= 15 is 0 Å². The fraction of sp³-hybridized carbons (Fsp3) is 0.471. The third kappa shape index (κ3) is 3.34. The number of hydrogen-bond acceptors (Lipinski definition) is 5. The van der Waals surface area contributed by atoms with Crippen LogP contribution in [0.4, 0.5) is 0 Å². The van der Waals surface area contributed by atoms with Crippen molar-refractivity contribution in [1.82, 2.24) is 9.88 Å². The number of carboxylic acids is 1. The Balaban J connectivity index is 1.71. The molecular formula is C17H20N2O5. The molecule has 1 saturated heterocycles. The first-order valence-electron chi connectivity index (χ1n) is 7.94. The third-order valence-electron chi connectivity index (χ3n) is 4.30. The van der Waals surface area contributed by atoms with Gasteiger partial charge in [-0.3, -0.25) is 9.59 Å². The number of amides is 1. The Labute approximate surface area is 139 Å². The van der Waals surface area contributed by atoms with Gasteiger partial charge in [-0.2, -0.15) is 0 Å². The third-order valence-corrected chi connectivity index (χ3v) is 4.30. The summed E-state index contributed by atoms with van der Waals surface area (Å²) in [6, 6.07) is 3.47. The maximum atomic E-state index is 12.6. The number of piperidine rings is 1. The molecule has 0 saturated carbocycles. The molecule has 1 aliphatic rings. The zero-order chi connectivity index (χ0) is 17.3. The molecule has 24 heavy (non-hydrogen) atoms. The van der Waals surface area contributed by atoms with Crippen LogP contribution < -0.4 is 0 Å². The summed E-state index contributed by atoms with van der Waals surface area (Å²) in [4.78, 5) is 29.8. The number of oxazole rings is 1. The molecule has 128 valence electrons. The lowest BCUT2D eigenvalue weighted by molar-refractivity contribution is -0.146. The SMILES string of the molecule is Cc1oc(-c2ccco2)nc1CC(=O)N1CC(C)CC(C(=O)O)C1. The predicted molar refractivity (Wildman–Crippen MR) is 84.1 cm³/mol. The average Bonchev–Trinajstić information content (AvgIpc) is 3.17. The van der Waals surface area contributed by atoms with Crippen molar-refractivity contribution < 1.29 is 23.5 Å². The molecule has 0 aliphatic carbocycles. The molecule has 0 bridgehead atoms. The van der Waals surface area contributed by atoms with E-state index in [-0.39, 0.29) is 24.8 Å². The number of carbonyl (C=O) groups excluding carboxylic acids is 1. The van der Waals surface area contributed by atoms with Crippen LogP contribution in [-0.2, 0) is 16.0 Å². The van der Waals surface area contributed by atoms with Gasteiger partial charge >= 0.3 is 5.97 Å². The molecular weight excluding hydrogens is 312 g/mol. The highest BCUT2D eigenvalue weighted by atomic mass is 16.4. The lowest BCUT2D eigenvalue weighted by Gasteiger charge is -2.34. The van der Waals surface area contributed by atoms with Crippen molar-refractivity contribution >= 4 is 11.9 Å². The van der Waals surface area contributed by atoms with Crippen LogP contribution in [0.25, 0.3) is 11.7 Å². The molecule has 0 radical (unpaired) electrons. The van der Waals surface area contributed by atoms with Crippen molar-refractivity contribution in [3.05, 3.63) is 29.9 Å². The van der Waals surface area contributed by atoms with E-state index in [1.807, 2.05) is 6.92 Å². The average molecular weight is 332 g/mol. The van der Waals surface area contributed by atoms with Crippen LogP contribution in [0, 0.1) is 18.8 Å². The lowest BCUT2D eigenvalue weighted by Crippen LogP contribution is -2.46. The number of likely N-dealkylation sites (tertiary alicyclic amines) is 1. The molecule has 1 fully saturated rings. The van der Waals surface area contributed by atoms with Crippen LogP contribution in [-0.4, -0.2) is 40.0 Å². The number of hydrogen-bond donors (Lipinski definition) is 1. The molecule has 2 unspecified atom stereocenters. The van der Waals surface area contributed by atoms with Gasteiger partial charge in [-0.15, -0.1) is 0 Å². The minimum atomic E-state index is -0.850. The highest BCUT2D eigenvalue weighted by Crippen LogP contribution is 2.25. The summed E-state index contributed by atoms with van der Waals surface area (Å²) in [5, 5.41) is 9.22. The van der Waals surface area contributed by atoms with Crippen LogP contribution in [0.1, 0.15) is 24.8 Å². The number of aryl methyl sites for hydroxylation is 1. The highest BCUT2D eigenvalue weighted by Gasteiger charge is 2.32. The summed E-state index contributed by atoms with van der Waals surface area (Å²) >= 11 is 0. The molecule has 0 spiro atoms. The van der Waals surface area contributed by atoms with Crippen LogP contribution in [0.5, 0.6) is 0 Å². The van der Waals surface area contributed by atoms with E-state index in [1.54, 1.807) is 24.0 Å². The van der Waals surface area contributed by atoms with E-state index in [1.165, 1.54) is 6.26 Å².